The van der Waals surface area contributed by atoms with E-state index in [9.17, 15) is 4.79 Å². The van der Waals surface area contributed by atoms with Crippen LogP contribution in [0, 0.1) is 6.92 Å². The molecule has 0 radical (unpaired) electrons. The number of fused-ring (bicyclic) bond motifs is 2. The highest BCUT2D eigenvalue weighted by Crippen LogP contribution is 2.35. The van der Waals surface area contributed by atoms with E-state index in [1.165, 1.54) is 60.0 Å². The normalized spacial score (nSPS) is 16.1. The van der Waals surface area contributed by atoms with E-state index < -0.39 is 0 Å². The van der Waals surface area contributed by atoms with Gasteiger partial charge >= 0.3 is 5.97 Å². The van der Waals surface area contributed by atoms with Gasteiger partial charge in [0.05, 0.1) is 17.5 Å². The summed E-state index contributed by atoms with van der Waals surface area (Å²) >= 11 is 0. The van der Waals surface area contributed by atoms with Crippen LogP contribution in [0.5, 0.6) is 0 Å². The Kier molecular flexibility index (Phi) is 6.26. The molecular formula is C24H35N2O2+. The number of unbranched alkanes of at least 4 members (excludes halogenated alkanes) is 4. The van der Waals surface area contributed by atoms with E-state index in [2.05, 4.69) is 43.3 Å². The van der Waals surface area contributed by atoms with Crippen molar-refractivity contribution < 1.29 is 14.1 Å². The van der Waals surface area contributed by atoms with E-state index >= 15 is 0 Å². The first-order valence-corrected chi connectivity index (χ1v) is 10.9. The van der Waals surface area contributed by atoms with E-state index in [1.807, 2.05) is 13.8 Å². The van der Waals surface area contributed by atoms with Gasteiger partial charge in [0.2, 0.25) is 5.69 Å². The Morgan fingerprint density at radius 3 is 2.54 bits per heavy atom. The SMILES string of the molecule is CCCCCCCc1c2c(C)c(C(=O)OCC)[nH]c2cc2[n+]1C(C)C(C)=C2C. The van der Waals surface area contributed by atoms with Crippen molar-refractivity contribution >= 4 is 22.4 Å². The summed E-state index contributed by atoms with van der Waals surface area (Å²) in [4.78, 5) is 15.8. The number of hydrogen-bond donors (Lipinski definition) is 1. The lowest BCUT2D eigenvalue weighted by atomic mass is 10.0. The molecule has 3 rings (SSSR count). The molecule has 0 saturated carbocycles. The molecule has 2 aromatic rings. The maximum atomic E-state index is 12.4. The molecule has 4 heteroatoms. The van der Waals surface area contributed by atoms with Gasteiger partial charge in [-0.15, -0.1) is 0 Å². The van der Waals surface area contributed by atoms with Crippen LogP contribution in [0.1, 0.15) is 100 Å². The predicted molar refractivity (Wildman–Crippen MR) is 115 cm³/mol. The molecule has 0 saturated heterocycles. The van der Waals surface area contributed by atoms with Gasteiger partial charge in [0.15, 0.2) is 11.7 Å². The summed E-state index contributed by atoms with van der Waals surface area (Å²) in [7, 11) is 0. The van der Waals surface area contributed by atoms with Crippen molar-refractivity contribution in [3.8, 4) is 0 Å². The topological polar surface area (TPSA) is 46.0 Å². The highest BCUT2D eigenvalue weighted by atomic mass is 16.5. The van der Waals surface area contributed by atoms with Gasteiger partial charge in [0.25, 0.3) is 0 Å². The van der Waals surface area contributed by atoms with Crippen LogP contribution < -0.4 is 4.57 Å². The van der Waals surface area contributed by atoms with E-state index in [1.54, 1.807) is 0 Å². The summed E-state index contributed by atoms with van der Waals surface area (Å²) in [5.74, 6) is -0.258. The molecular weight excluding hydrogens is 348 g/mol. The van der Waals surface area contributed by atoms with Crippen molar-refractivity contribution in [1.29, 1.82) is 0 Å². The molecule has 2 aromatic heterocycles. The molecule has 0 amide bonds. The molecule has 0 aliphatic carbocycles. The number of carbonyl (C=O) groups is 1. The number of rotatable bonds is 8. The van der Waals surface area contributed by atoms with E-state index in [-0.39, 0.29) is 5.97 Å². The van der Waals surface area contributed by atoms with Crippen LogP contribution in [0.2, 0.25) is 0 Å². The van der Waals surface area contributed by atoms with Gasteiger partial charge in [-0.25, -0.2) is 4.79 Å². The standard InChI is InChI=1S/C24H34N2O2/c1-7-9-10-11-12-13-20-22-17(5)23(24(27)28-8-2)25-19(22)14-21-16(4)15(3)18(6)26(20)21/h14,18H,7-13H2,1-6H3/p+1. The van der Waals surface area contributed by atoms with E-state index in [4.69, 9.17) is 4.74 Å². The number of aromatic nitrogens is 2. The van der Waals surface area contributed by atoms with E-state index in [0.29, 0.717) is 18.3 Å². The summed E-state index contributed by atoms with van der Waals surface area (Å²) in [6.07, 6.45) is 7.35. The fourth-order valence-corrected chi connectivity index (χ4v) is 4.56. The number of nitrogens with one attached hydrogen (secondary N) is 1. The highest BCUT2D eigenvalue weighted by Gasteiger charge is 2.36. The number of pyridine rings is 1. The van der Waals surface area contributed by atoms with Crippen molar-refractivity contribution in [2.45, 2.75) is 86.1 Å². The Morgan fingerprint density at radius 2 is 1.86 bits per heavy atom. The minimum atomic E-state index is -0.258. The Bertz CT molecular complexity index is 921. The van der Waals surface area contributed by atoms with Gasteiger partial charge in [-0.05, 0) is 39.7 Å². The molecule has 1 atom stereocenters. The zero-order valence-electron chi connectivity index (χ0n) is 18.4. The number of allylic oxidation sites excluding steroid dienone is 2. The minimum absolute atomic E-state index is 0.258. The second kappa shape index (κ2) is 8.50. The number of hydrogen-bond acceptors (Lipinski definition) is 2. The molecule has 1 unspecified atom stereocenters. The molecule has 1 N–H and O–H groups in total. The third-order valence-electron chi connectivity index (χ3n) is 6.39. The third-order valence-corrected chi connectivity index (χ3v) is 6.39. The molecule has 0 aromatic carbocycles. The molecule has 4 nitrogen and oxygen atoms in total. The molecule has 1 aliphatic rings. The average molecular weight is 384 g/mol. The Balaban J connectivity index is 2.10. The number of aryl methyl sites for hydroxylation is 2. The Morgan fingerprint density at radius 1 is 1.14 bits per heavy atom. The largest absolute Gasteiger partial charge is 0.461 e. The van der Waals surface area contributed by atoms with Crippen molar-refractivity contribution in [3.63, 3.8) is 0 Å². The van der Waals surface area contributed by atoms with Crippen molar-refractivity contribution in [3.05, 3.63) is 34.3 Å². The quantitative estimate of drug-likeness (QED) is 0.354. The Hall–Kier alpha value is -2.10. The van der Waals surface area contributed by atoms with Crippen LogP contribution in [0.15, 0.2) is 11.6 Å². The number of nitrogens with zero attached hydrogens (tertiary/aromatic N) is 1. The molecule has 0 spiro atoms. The molecule has 0 bridgehead atoms. The number of esters is 1. The molecule has 0 fully saturated rings. The van der Waals surface area contributed by atoms with Crippen LogP contribution >= 0.6 is 0 Å². The monoisotopic (exact) mass is 383 g/mol. The maximum absolute atomic E-state index is 12.4. The molecule has 1 aliphatic heterocycles. The summed E-state index contributed by atoms with van der Waals surface area (Å²) in [5, 5.41) is 1.21. The lowest BCUT2D eigenvalue weighted by Crippen LogP contribution is -2.42. The summed E-state index contributed by atoms with van der Waals surface area (Å²) in [6.45, 7) is 13.3. The summed E-state index contributed by atoms with van der Waals surface area (Å²) in [6, 6.07) is 2.58. The zero-order chi connectivity index (χ0) is 20.4. The molecule has 3 heterocycles. The lowest BCUT2D eigenvalue weighted by molar-refractivity contribution is -0.713. The second-order valence-electron chi connectivity index (χ2n) is 8.13. The van der Waals surface area contributed by atoms with Crippen LogP contribution in [-0.2, 0) is 11.2 Å². The highest BCUT2D eigenvalue weighted by molar-refractivity contribution is 5.99. The fourth-order valence-electron chi connectivity index (χ4n) is 4.56. The van der Waals surface area contributed by atoms with Gasteiger partial charge in [-0.3, -0.25) is 0 Å². The second-order valence-corrected chi connectivity index (χ2v) is 8.13. The molecule has 152 valence electrons. The van der Waals surface area contributed by atoms with Gasteiger partial charge < -0.3 is 9.72 Å². The minimum Gasteiger partial charge on any atom is -0.461 e. The fraction of sp³-hybridized carbons (Fsp3) is 0.583. The predicted octanol–water partition coefficient (Wildman–Crippen LogP) is 5.82. The van der Waals surface area contributed by atoms with Crippen molar-refractivity contribution in [1.82, 2.24) is 4.98 Å². The van der Waals surface area contributed by atoms with E-state index in [0.717, 1.165) is 17.5 Å². The van der Waals surface area contributed by atoms with Crippen LogP contribution in [0.25, 0.3) is 16.5 Å². The van der Waals surface area contributed by atoms with Crippen LogP contribution in [0.3, 0.4) is 0 Å². The zero-order valence-corrected chi connectivity index (χ0v) is 18.4. The van der Waals surface area contributed by atoms with Crippen molar-refractivity contribution in [2.75, 3.05) is 6.61 Å². The molecule has 28 heavy (non-hydrogen) atoms. The number of H-pyrrole nitrogens is 1. The van der Waals surface area contributed by atoms with Gasteiger partial charge in [0.1, 0.15) is 5.69 Å². The first-order chi connectivity index (χ1) is 13.4. The van der Waals surface area contributed by atoms with Crippen LogP contribution in [0.4, 0.5) is 0 Å². The number of ether oxygens (including phenoxy) is 1. The van der Waals surface area contributed by atoms with Gasteiger partial charge in [-0.2, -0.15) is 4.57 Å². The smallest absolute Gasteiger partial charge is 0.355 e. The average Bonchev–Trinajstić information content (AvgIpc) is 3.11. The first kappa shape index (κ1) is 20.6. The lowest BCUT2D eigenvalue weighted by Gasteiger charge is -2.11. The number of carbonyl (C=O) groups excluding carboxylic acids is 1. The maximum Gasteiger partial charge on any atom is 0.355 e. The first-order valence-electron chi connectivity index (χ1n) is 10.9. The third kappa shape index (κ3) is 3.49. The Labute approximate surface area is 169 Å². The number of aromatic amines is 1. The summed E-state index contributed by atoms with van der Waals surface area (Å²) < 4.78 is 7.78. The van der Waals surface area contributed by atoms with Crippen molar-refractivity contribution in [2.24, 2.45) is 0 Å². The summed E-state index contributed by atoms with van der Waals surface area (Å²) in [5.41, 5.74) is 8.09. The van der Waals surface area contributed by atoms with Crippen LogP contribution in [-0.4, -0.2) is 17.6 Å². The van der Waals surface area contributed by atoms with Gasteiger partial charge in [0, 0.05) is 30.6 Å². The van der Waals surface area contributed by atoms with Gasteiger partial charge in [-0.1, -0.05) is 32.6 Å².